The molecule has 2 heterocycles. The summed E-state index contributed by atoms with van der Waals surface area (Å²) in [4.78, 5) is 24.3. The van der Waals surface area contributed by atoms with Crippen LogP contribution in [0, 0.1) is 0 Å². The molecule has 5 N–H and O–H groups in total. The Morgan fingerprint density at radius 1 is 1.34 bits per heavy atom. The molecule has 1 aromatic heterocycles. The second-order valence-corrected chi connectivity index (χ2v) is 6.17. The number of aliphatic imine (C=N–C) groups is 1. The van der Waals surface area contributed by atoms with Gasteiger partial charge in [-0.3, -0.25) is 4.79 Å². The lowest BCUT2D eigenvalue weighted by Crippen LogP contribution is -2.30. The molecule has 0 unspecified atom stereocenters. The van der Waals surface area contributed by atoms with Crippen LogP contribution in [0.5, 0.6) is 5.88 Å². The molecule has 152 valence electrons. The van der Waals surface area contributed by atoms with Crippen molar-refractivity contribution in [3.05, 3.63) is 53.6 Å². The van der Waals surface area contributed by atoms with Gasteiger partial charge in [-0.25, -0.2) is 18.8 Å². The topological polar surface area (TPSA) is 138 Å². The standard InChI is InChI=1S/C18H18F2N6O3/c1-18(6-12(7-19)29-17(22)26-18)10-3-2-4-11(5-10)24-16(27)14-15(21)25-13(8-23-14)28-9-20/h2-6,8H,7,9H2,1H3,(H2,21,25)(H2,22,26)(H,24,27)/t18-/m0/s1. The monoisotopic (exact) mass is 404 g/mol. The van der Waals surface area contributed by atoms with E-state index in [0.717, 1.165) is 6.20 Å². The molecule has 0 saturated heterocycles. The lowest BCUT2D eigenvalue weighted by atomic mass is 9.91. The lowest BCUT2D eigenvalue weighted by molar-refractivity contribution is 0.102. The van der Waals surface area contributed by atoms with Gasteiger partial charge in [0.05, 0.1) is 6.20 Å². The van der Waals surface area contributed by atoms with Crippen molar-refractivity contribution in [1.29, 1.82) is 0 Å². The van der Waals surface area contributed by atoms with Crippen LogP contribution >= 0.6 is 0 Å². The molecule has 11 heteroatoms. The van der Waals surface area contributed by atoms with Gasteiger partial charge in [-0.15, -0.1) is 0 Å². The van der Waals surface area contributed by atoms with E-state index in [-0.39, 0.29) is 29.2 Å². The highest BCUT2D eigenvalue weighted by Crippen LogP contribution is 2.33. The van der Waals surface area contributed by atoms with Gasteiger partial charge in [0.2, 0.25) is 12.7 Å². The number of nitrogen functional groups attached to an aromatic ring is 1. The highest BCUT2D eigenvalue weighted by atomic mass is 19.1. The minimum Gasteiger partial charge on any atom is -0.445 e. The molecule has 0 spiro atoms. The molecule has 9 nitrogen and oxygen atoms in total. The second-order valence-electron chi connectivity index (χ2n) is 6.17. The molecule has 3 rings (SSSR count). The van der Waals surface area contributed by atoms with Crippen LogP contribution in [0.1, 0.15) is 23.0 Å². The van der Waals surface area contributed by atoms with E-state index in [1.54, 1.807) is 31.2 Å². The molecular formula is C18H18F2N6O3. The van der Waals surface area contributed by atoms with E-state index in [2.05, 4.69) is 25.0 Å². The van der Waals surface area contributed by atoms with Crippen LogP contribution in [0.4, 0.5) is 20.3 Å². The van der Waals surface area contributed by atoms with Gasteiger partial charge in [0.25, 0.3) is 11.9 Å². The number of nitrogens with zero attached hydrogens (tertiary/aromatic N) is 3. The molecular weight excluding hydrogens is 386 g/mol. The number of ether oxygens (including phenoxy) is 2. The van der Waals surface area contributed by atoms with Gasteiger partial charge < -0.3 is 26.3 Å². The summed E-state index contributed by atoms with van der Waals surface area (Å²) in [6.07, 6.45) is 2.60. The molecule has 1 aliphatic rings. The number of amides is 1. The van der Waals surface area contributed by atoms with E-state index in [9.17, 15) is 13.6 Å². The van der Waals surface area contributed by atoms with E-state index >= 15 is 0 Å². The Labute approximate surface area is 164 Å². The zero-order valence-electron chi connectivity index (χ0n) is 15.4. The first-order valence-corrected chi connectivity index (χ1v) is 8.38. The Balaban J connectivity index is 1.84. The van der Waals surface area contributed by atoms with Gasteiger partial charge >= 0.3 is 0 Å². The molecule has 1 aromatic carbocycles. The molecule has 2 aromatic rings. The molecule has 1 amide bonds. The van der Waals surface area contributed by atoms with Crippen LogP contribution in [0.25, 0.3) is 0 Å². The summed E-state index contributed by atoms with van der Waals surface area (Å²) < 4.78 is 34.8. The quantitative estimate of drug-likeness (QED) is 0.670. The number of hydrogen-bond acceptors (Lipinski definition) is 8. The van der Waals surface area contributed by atoms with Gasteiger partial charge in [0, 0.05) is 5.69 Å². The summed E-state index contributed by atoms with van der Waals surface area (Å²) in [5, 5.41) is 2.64. The highest BCUT2D eigenvalue weighted by Gasteiger charge is 2.30. The number of rotatable bonds is 6. The number of carbonyl (C=O) groups is 1. The predicted molar refractivity (Wildman–Crippen MR) is 102 cm³/mol. The number of amidine groups is 1. The Morgan fingerprint density at radius 3 is 2.83 bits per heavy atom. The van der Waals surface area contributed by atoms with Crippen LogP contribution in [0.2, 0.25) is 0 Å². The number of carbonyl (C=O) groups excluding carboxylic acids is 1. The van der Waals surface area contributed by atoms with E-state index in [1.165, 1.54) is 6.08 Å². The Bertz CT molecular complexity index is 997. The average molecular weight is 404 g/mol. The number of nitrogens with two attached hydrogens (primary N) is 2. The summed E-state index contributed by atoms with van der Waals surface area (Å²) in [6.45, 7) is -0.198. The van der Waals surface area contributed by atoms with Gasteiger partial charge in [-0.2, -0.15) is 4.98 Å². The third-order valence-electron chi connectivity index (χ3n) is 4.05. The van der Waals surface area contributed by atoms with Crippen molar-refractivity contribution in [2.24, 2.45) is 10.7 Å². The highest BCUT2D eigenvalue weighted by molar-refractivity contribution is 6.05. The van der Waals surface area contributed by atoms with Gasteiger partial charge in [0.15, 0.2) is 11.5 Å². The molecule has 0 fully saturated rings. The number of alkyl halides is 2. The zero-order valence-corrected chi connectivity index (χ0v) is 15.4. The molecule has 0 saturated carbocycles. The predicted octanol–water partition coefficient (Wildman–Crippen LogP) is 2.03. The fourth-order valence-corrected chi connectivity index (χ4v) is 2.76. The van der Waals surface area contributed by atoms with Crippen LogP contribution in [-0.2, 0) is 10.3 Å². The lowest BCUT2D eigenvalue weighted by Gasteiger charge is -2.27. The molecule has 1 atom stereocenters. The molecule has 0 bridgehead atoms. The summed E-state index contributed by atoms with van der Waals surface area (Å²) in [6, 6.07) is 6.57. The first kappa shape index (κ1) is 20.0. The van der Waals surface area contributed by atoms with E-state index in [0.29, 0.717) is 11.3 Å². The van der Waals surface area contributed by atoms with Crippen molar-refractivity contribution in [2.45, 2.75) is 12.5 Å². The zero-order chi connectivity index (χ0) is 21.0. The number of hydrogen-bond donors (Lipinski definition) is 3. The second kappa shape index (κ2) is 8.09. The fraction of sp³-hybridized carbons (Fsp3) is 0.222. The fourth-order valence-electron chi connectivity index (χ4n) is 2.76. The summed E-state index contributed by atoms with van der Waals surface area (Å²) in [5.74, 6) is -0.928. The largest absolute Gasteiger partial charge is 0.445 e. The minimum absolute atomic E-state index is 0.0491. The van der Waals surface area contributed by atoms with Crippen LogP contribution < -0.4 is 21.5 Å². The molecule has 0 radical (unpaired) electrons. The third kappa shape index (κ3) is 4.39. The van der Waals surface area contributed by atoms with Gasteiger partial charge in [-0.05, 0) is 30.7 Å². The average Bonchev–Trinajstić information content (AvgIpc) is 2.67. The Kier molecular flexibility index (Phi) is 5.57. The maximum atomic E-state index is 13.0. The smallest absolute Gasteiger partial charge is 0.288 e. The maximum Gasteiger partial charge on any atom is 0.288 e. The van der Waals surface area contributed by atoms with Crippen LogP contribution in [0.3, 0.4) is 0 Å². The van der Waals surface area contributed by atoms with Gasteiger partial charge in [0.1, 0.15) is 18.0 Å². The molecule has 0 aliphatic carbocycles. The SMILES string of the molecule is C[C@@]1(c2cccc(NC(=O)c3ncc(OCF)nc3N)c2)C=C(CF)OC(N)=N1. The Hall–Kier alpha value is -3.76. The normalized spacial score (nSPS) is 18.3. The van der Waals surface area contributed by atoms with Gasteiger partial charge in [-0.1, -0.05) is 12.1 Å². The van der Waals surface area contributed by atoms with E-state index in [4.69, 9.17) is 16.2 Å². The maximum absolute atomic E-state index is 13.0. The third-order valence-corrected chi connectivity index (χ3v) is 4.05. The summed E-state index contributed by atoms with van der Waals surface area (Å²) in [7, 11) is 0. The number of benzene rings is 1. The van der Waals surface area contributed by atoms with Crippen molar-refractivity contribution in [1.82, 2.24) is 9.97 Å². The van der Waals surface area contributed by atoms with Crippen molar-refractivity contribution in [3.8, 4) is 5.88 Å². The number of nitrogens with one attached hydrogen (secondary N) is 1. The molecule has 29 heavy (non-hydrogen) atoms. The Morgan fingerprint density at radius 2 is 2.14 bits per heavy atom. The van der Waals surface area contributed by atoms with Crippen molar-refractivity contribution in [3.63, 3.8) is 0 Å². The first-order chi connectivity index (χ1) is 13.8. The van der Waals surface area contributed by atoms with Crippen molar-refractivity contribution >= 4 is 23.4 Å². The first-order valence-electron chi connectivity index (χ1n) is 8.38. The van der Waals surface area contributed by atoms with Crippen LogP contribution in [-0.4, -0.2) is 35.4 Å². The van der Waals surface area contributed by atoms with Crippen molar-refractivity contribution in [2.75, 3.05) is 24.6 Å². The number of aromatic nitrogens is 2. The minimum atomic E-state index is -1.10. The summed E-state index contributed by atoms with van der Waals surface area (Å²) >= 11 is 0. The van der Waals surface area contributed by atoms with Crippen LogP contribution in [0.15, 0.2) is 47.3 Å². The summed E-state index contributed by atoms with van der Waals surface area (Å²) in [5.41, 5.74) is 11.3. The number of anilines is 2. The van der Waals surface area contributed by atoms with E-state index < -0.39 is 25.0 Å². The van der Waals surface area contributed by atoms with E-state index in [1.807, 2.05) is 0 Å². The number of allylic oxidation sites excluding steroid dienone is 1. The molecule has 1 aliphatic heterocycles. The van der Waals surface area contributed by atoms with Crippen molar-refractivity contribution < 1.29 is 23.0 Å². The number of halogens is 2.